The van der Waals surface area contributed by atoms with Gasteiger partial charge in [0.1, 0.15) is 0 Å². The Morgan fingerprint density at radius 1 is 1.08 bits per heavy atom. The minimum absolute atomic E-state index is 0.920. The highest BCUT2D eigenvalue weighted by atomic mass is 14.0. The zero-order valence-electron chi connectivity index (χ0n) is 9.40. The van der Waals surface area contributed by atoms with Crippen LogP contribution in [0.25, 0.3) is 0 Å². The molecule has 0 heterocycles. The molecule has 0 heteroatoms. The molecule has 0 amide bonds. The van der Waals surface area contributed by atoms with Crippen LogP contribution in [0.1, 0.15) is 52.9 Å². The van der Waals surface area contributed by atoms with E-state index in [9.17, 15) is 0 Å². The highest BCUT2D eigenvalue weighted by molar-refractivity contribution is 5.03. The fraction of sp³-hybridized carbons (Fsp3) is 0.615. The molecule has 0 aliphatic rings. The highest BCUT2D eigenvalue weighted by Crippen LogP contribution is 2.09. The molecule has 0 spiro atoms. The number of allylic oxidation sites excluding steroid dienone is 4. The molecule has 0 aliphatic heterocycles. The van der Waals surface area contributed by atoms with E-state index in [4.69, 9.17) is 0 Å². The van der Waals surface area contributed by atoms with Gasteiger partial charge in [-0.15, -0.1) is 0 Å². The van der Waals surface area contributed by atoms with Gasteiger partial charge in [-0.2, -0.15) is 0 Å². The van der Waals surface area contributed by atoms with Gasteiger partial charge in [0.2, 0.25) is 0 Å². The van der Waals surface area contributed by atoms with E-state index in [-0.39, 0.29) is 0 Å². The van der Waals surface area contributed by atoms with Crippen LogP contribution in [0.5, 0.6) is 0 Å². The Labute approximate surface area is 83.7 Å². The molecule has 0 saturated carbocycles. The lowest BCUT2D eigenvalue weighted by molar-refractivity contribution is 0.880. The molecule has 0 aromatic carbocycles. The van der Waals surface area contributed by atoms with Crippen LogP contribution < -0.4 is 0 Å². The average Bonchev–Trinajstić information content (AvgIpc) is 2.05. The summed E-state index contributed by atoms with van der Waals surface area (Å²) in [6.07, 6.45) is 10.4. The average molecular weight is 179 g/mol. The zero-order valence-corrected chi connectivity index (χ0v) is 9.40. The molecule has 0 rings (SSSR count). The van der Waals surface area contributed by atoms with Crippen molar-refractivity contribution < 1.29 is 0 Å². The maximum Gasteiger partial charge on any atom is -0.0288 e. The van der Waals surface area contributed by atoms with Gasteiger partial charge in [-0.05, 0) is 46.5 Å². The van der Waals surface area contributed by atoms with Crippen molar-refractivity contribution in [2.75, 3.05) is 0 Å². The highest BCUT2D eigenvalue weighted by Gasteiger charge is 1.89. The standard InChI is InChI=1S/C13H23/c1-5-8-12(3)10-7-11-13(4)9-6-2/h8,11H,1,5-7,9-10H2,2-4H3. The molecule has 0 aromatic rings. The molecule has 0 bridgehead atoms. The predicted molar refractivity (Wildman–Crippen MR) is 61.6 cm³/mol. The van der Waals surface area contributed by atoms with Crippen molar-refractivity contribution in [3.63, 3.8) is 0 Å². The van der Waals surface area contributed by atoms with Crippen LogP contribution >= 0.6 is 0 Å². The fourth-order valence-corrected chi connectivity index (χ4v) is 1.39. The topological polar surface area (TPSA) is 0 Å². The van der Waals surface area contributed by atoms with E-state index in [0.717, 1.165) is 6.42 Å². The smallest absolute Gasteiger partial charge is 0.0288 e. The first kappa shape index (κ1) is 12.5. The number of hydrogen-bond donors (Lipinski definition) is 0. The van der Waals surface area contributed by atoms with Crippen molar-refractivity contribution in [3.05, 3.63) is 30.2 Å². The molecule has 0 fully saturated rings. The summed E-state index contributed by atoms with van der Waals surface area (Å²) in [6.45, 7) is 10.4. The van der Waals surface area contributed by atoms with Crippen molar-refractivity contribution in [2.24, 2.45) is 0 Å². The summed E-state index contributed by atoms with van der Waals surface area (Å²) in [5, 5.41) is 0. The first-order valence-corrected chi connectivity index (χ1v) is 5.31. The molecule has 0 atom stereocenters. The third-order valence-electron chi connectivity index (χ3n) is 2.17. The summed E-state index contributed by atoms with van der Waals surface area (Å²) in [5.41, 5.74) is 3.00. The lowest BCUT2D eigenvalue weighted by Gasteiger charge is -1.99. The first-order valence-electron chi connectivity index (χ1n) is 5.31. The van der Waals surface area contributed by atoms with Gasteiger partial charge in [0.25, 0.3) is 0 Å². The minimum atomic E-state index is 0.920. The van der Waals surface area contributed by atoms with Gasteiger partial charge in [0.05, 0.1) is 0 Å². The SMILES string of the molecule is [CH2]CC=C(C)CCC=C(C)CCC. The molecule has 0 saturated heterocycles. The zero-order chi connectivity index (χ0) is 10.1. The largest absolute Gasteiger partial charge is 0.0856 e. The van der Waals surface area contributed by atoms with Gasteiger partial charge < -0.3 is 0 Å². The van der Waals surface area contributed by atoms with Crippen LogP contribution in [0.4, 0.5) is 0 Å². The lowest BCUT2D eigenvalue weighted by Crippen LogP contribution is -1.79. The predicted octanol–water partition coefficient (Wildman–Crippen LogP) is 4.68. The first-order chi connectivity index (χ1) is 6.20. The number of rotatable bonds is 6. The van der Waals surface area contributed by atoms with Gasteiger partial charge in [0, 0.05) is 0 Å². The summed E-state index contributed by atoms with van der Waals surface area (Å²) in [5.74, 6) is 0. The van der Waals surface area contributed by atoms with E-state index in [1.807, 2.05) is 0 Å². The maximum absolute atomic E-state index is 3.81. The number of hydrogen-bond acceptors (Lipinski definition) is 0. The third-order valence-corrected chi connectivity index (χ3v) is 2.17. The molecule has 0 nitrogen and oxygen atoms in total. The molecule has 0 unspecified atom stereocenters. The van der Waals surface area contributed by atoms with Crippen molar-refractivity contribution in [3.8, 4) is 0 Å². The summed E-state index contributed by atoms with van der Waals surface area (Å²) in [6, 6.07) is 0. The Bertz CT molecular complexity index is 172. The van der Waals surface area contributed by atoms with E-state index < -0.39 is 0 Å². The van der Waals surface area contributed by atoms with Gasteiger partial charge in [-0.1, -0.05) is 36.6 Å². The van der Waals surface area contributed by atoms with E-state index in [2.05, 4.69) is 39.8 Å². The van der Waals surface area contributed by atoms with Crippen molar-refractivity contribution in [1.29, 1.82) is 0 Å². The van der Waals surface area contributed by atoms with Crippen LogP contribution in [-0.4, -0.2) is 0 Å². The van der Waals surface area contributed by atoms with Crippen LogP contribution in [0.15, 0.2) is 23.3 Å². The summed E-state index contributed by atoms with van der Waals surface area (Å²) in [7, 11) is 0. The van der Waals surface area contributed by atoms with Gasteiger partial charge in [-0.25, -0.2) is 0 Å². The van der Waals surface area contributed by atoms with Gasteiger partial charge >= 0.3 is 0 Å². The van der Waals surface area contributed by atoms with E-state index in [0.29, 0.717) is 0 Å². The molecular formula is C13H23. The van der Waals surface area contributed by atoms with E-state index in [1.54, 1.807) is 0 Å². The lowest BCUT2D eigenvalue weighted by atomic mass is 10.1. The fourth-order valence-electron chi connectivity index (χ4n) is 1.39. The van der Waals surface area contributed by atoms with Crippen LogP contribution in [0, 0.1) is 6.92 Å². The molecule has 0 aliphatic carbocycles. The summed E-state index contributed by atoms with van der Waals surface area (Å²) >= 11 is 0. The molecule has 1 radical (unpaired) electrons. The monoisotopic (exact) mass is 179 g/mol. The van der Waals surface area contributed by atoms with Crippen LogP contribution in [-0.2, 0) is 0 Å². The second kappa shape index (κ2) is 8.10. The van der Waals surface area contributed by atoms with Crippen LogP contribution in [0.3, 0.4) is 0 Å². The second-order valence-electron chi connectivity index (χ2n) is 3.68. The van der Waals surface area contributed by atoms with Crippen molar-refractivity contribution in [2.45, 2.75) is 52.9 Å². The summed E-state index contributed by atoms with van der Waals surface area (Å²) < 4.78 is 0. The van der Waals surface area contributed by atoms with E-state index >= 15 is 0 Å². The van der Waals surface area contributed by atoms with Gasteiger partial charge in [-0.3, -0.25) is 0 Å². The van der Waals surface area contributed by atoms with Crippen molar-refractivity contribution in [1.82, 2.24) is 0 Å². The van der Waals surface area contributed by atoms with Crippen molar-refractivity contribution >= 4 is 0 Å². The molecule has 75 valence electrons. The van der Waals surface area contributed by atoms with Gasteiger partial charge in [0.15, 0.2) is 0 Å². The Kier molecular flexibility index (Phi) is 7.77. The Morgan fingerprint density at radius 2 is 1.69 bits per heavy atom. The summed E-state index contributed by atoms with van der Waals surface area (Å²) in [4.78, 5) is 0. The Balaban J connectivity index is 3.65. The Morgan fingerprint density at radius 3 is 2.23 bits per heavy atom. The minimum Gasteiger partial charge on any atom is -0.0856 e. The quantitative estimate of drug-likeness (QED) is 0.519. The normalized spacial score (nSPS) is 13.5. The van der Waals surface area contributed by atoms with Crippen LogP contribution in [0.2, 0.25) is 0 Å². The maximum atomic E-state index is 3.81. The van der Waals surface area contributed by atoms with E-state index in [1.165, 1.54) is 36.8 Å². The third kappa shape index (κ3) is 7.83. The molecule has 0 aromatic heterocycles. The molecule has 13 heavy (non-hydrogen) atoms. The molecular weight excluding hydrogens is 156 g/mol. The molecule has 0 N–H and O–H groups in total. The Hall–Kier alpha value is -0.520. The second-order valence-corrected chi connectivity index (χ2v) is 3.68.